The van der Waals surface area contributed by atoms with Crippen LogP contribution in [-0.4, -0.2) is 9.66 Å². The van der Waals surface area contributed by atoms with Crippen LogP contribution in [0.4, 0.5) is 18.9 Å². The van der Waals surface area contributed by atoms with E-state index in [0.29, 0.717) is 17.7 Å². The Hall–Kier alpha value is -3.27. The molecule has 0 amide bonds. The van der Waals surface area contributed by atoms with Crippen molar-refractivity contribution < 1.29 is 13.2 Å². The van der Waals surface area contributed by atoms with Crippen LogP contribution in [0.25, 0.3) is 0 Å². The van der Waals surface area contributed by atoms with Crippen molar-refractivity contribution in [3.05, 3.63) is 83.9 Å². The smallest absolute Gasteiger partial charge is 0.276 e. The first-order chi connectivity index (χ1) is 12.0. The lowest BCUT2D eigenvalue weighted by molar-refractivity contribution is -0.137. The maximum Gasteiger partial charge on any atom is 0.416 e. The Bertz CT molecular complexity index is 861. The van der Waals surface area contributed by atoms with E-state index in [1.165, 1.54) is 12.1 Å². The number of hydrogen-bond acceptors (Lipinski definition) is 3. The van der Waals surface area contributed by atoms with Crippen molar-refractivity contribution in [1.82, 2.24) is 9.66 Å². The van der Waals surface area contributed by atoms with Crippen LogP contribution in [0.15, 0.2) is 67.3 Å². The van der Waals surface area contributed by atoms with Gasteiger partial charge in [0.2, 0.25) is 0 Å². The molecule has 0 aliphatic rings. The molecule has 25 heavy (non-hydrogen) atoms. The lowest BCUT2D eigenvalue weighted by Crippen LogP contribution is -2.27. The van der Waals surface area contributed by atoms with E-state index in [1.807, 2.05) is 5.01 Å². The fourth-order valence-electron chi connectivity index (χ4n) is 2.38. The highest BCUT2D eigenvalue weighted by Gasteiger charge is 2.30. The van der Waals surface area contributed by atoms with E-state index in [0.717, 1.165) is 17.8 Å². The van der Waals surface area contributed by atoms with Gasteiger partial charge in [-0.15, -0.1) is 0 Å². The van der Waals surface area contributed by atoms with E-state index in [2.05, 4.69) is 11.1 Å². The average molecular weight is 342 g/mol. The van der Waals surface area contributed by atoms with Crippen LogP contribution in [0.3, 0.4) is 0 Å². The quantitative estimate of drug-likeness (QED) is 0.712. The van der Waals surface area contributed by atoms with Crippen LogP contribution in [0.1, 0.15) is 16.7 Å². The van der Waals surface area contributed by atoms with Crippen LogP contribution < -0.4 is 5.01 Å². The first-order valence-corrected chi connectivity index (χ1v) is 7.39. The van der Waals surface area contributed by atoms with Crippen molar-refractivity contribution in [3.63, 3.8) is 0 Å². The summed E-state index contributed by atoms with van der Waals surface area (Å²) in [6.07, 6.45) is 0.601. The first-order valence-electron chi connectivity index (χ1n) is 7.39. The third-order valence-electron chi connectivity index (χ3n) is 3.68. The molecule has 0 spiro atoms. The zero-order valence-electron chi connectivity index (χ0n) is 13.0. The lowest BCUT2D eigenvalue weighted by Gasteiger charge is -2.25. The summed E-state index contributed by atoms with van der Waals surface area (Å²) in [4.78, 5) is 4.01. The van der Waals surface area contributed by atoms with E-state index in [-0.39, 0.29) is 0 Å². The Morgan fingerprint density at radius 1 is 1.04 bits per heavy atom. The van der Waals surface area contributed by atoms with E-state index < -0.39 is 11.7 Å². The molecule has 0 saturated heterocycles. The van der Waals surface area contributed by atoms with Crippen LogP contribution in [0, 0.1) is 11.3 Å². The van der Waals surface area contributed by atoms with E-state index in [9.17, 15) is 13.2 Å². The highest BCUT2D eigenvalue weighted by Crippen LogP contribution is 2.29. The van der Waals surface area contributed by atoms with Gasteiger partial charge in [-0.25, -0.2) is 9.66 Å². The fraction of sp³-hybridized carbons (Fsp3) is 0.111. The summed E-state index contributed by atoms with van der Waals surface area (Å²) < 4.78 is 39.8. The summed E-state index contributed by atoms with van der Waals surface area (Å²) in [5.41, 5.74) is 1.36. The van der Waals surface area contributed by atoms with Crippen molar-refractivity contribution in [2.45, 2.75) is 12.7 Å². The molecule has 7 heteroatoms. The maximum absolute atomic E-state index is 12.7. The van der Waals surface area contributed by atoms with Gasteiger partial charge in [0.25, 0.3) is 0 Å². The third-order valence-corrected chi connectivity index (χ3v) is 3.68. The van der Waals surface area contributed by atoms with Gasteiger partial charge in [0.15, 0.2) is 0 Å². The molecule has 0 bridgehead atoms. The normalized spacial score (nSPS) is 11.1. The summed E-state index contributed by atoms with van der Waals surface area (Å²) in [5, 5.41) is 10.8. The van der Waals surface area contributed by atoms with Gasteiger partial charge in [-0.3, -0.25) is 5.01 Å². The second kappa shape index (κ2) is 6.69. The zero-order chi connectivity index (χ0) is 17.9. The van der Waals surface area contributed by atoms with Crippen molar-refractivity contribution >= 4 is 5.69 Å². The molecular weight excluding hydrogens is 329 g/mol. The van der Waals surface area contributed by atoms with Gasteiger partial charge in [-0.05, 0) is 42.0 Å². The second-order valence-electron chi connectivity index (χ2n) is 5.35. The molecule has 4 nitrogen and oxygen atoms in total. The number of imidazole rings is 1. The zero-order valence-corrected chi connectivity index (χ0v) is 13.0. The average Bonchev–Trinajstić information content (AvgIpc) is 3.14. The number of rotatable bonds is 4. The number of alkyl halides is 3. The summed E-state index contributed by atoms with van der Waals surface area (Å²) in [6.45, 7) is 0.348. The van der Waals surface area contributed by atoms with Crippen LogP contribution >= 0.6 is 0 Å². The Labute approximate surface area is 142 Å². The first kappa shape index (κ1) is 16.6. The standard InChI is InChI=1S/C18H13F3N4/c19-18(20,21)16-5-1-15(2-6-16)12-25(24-10-9-23-13-24)17-7-3-14(11-22)4-8-17/h1-10,13H,12H2. The van der Waals surface area contributed by atoms with Crippen LogP contribution in [0.5, 0.6) is 0 Å². The molecule has 0 aliphatic carbocycles. The fourth-order valence-corrected chi connectivity index (χ4v) is 2.38. The predicted molar refractivity (Wildman–Crippen MR) is 86.4 cm³/mol. The Balaban J connectivity index is 1.89. The lowest BCUT2D eigenvalue weighted by atomic mass is 10.1. The molecule has 3 aromatic rings. The molecule has 0 atom stereocenters. The molecule has 2 aromatic carbocycles. The minimum atomic E-state index is -4.35. The Kier molecular flexibility index (Phi) is 4.44. The Morgan fingerprint density at radius 2 is 1.72 bits per heavy atom. The maximum atomic E-state index is 12.7. The third kappa shape index (κ3) is 3.80. The summed E-state index contributed by atoms with van der Waals surface area (Å²) >= 11 is 0. The molecule has 0 unspecified atom stereocenters. The van der Waals surface area contributed by atoms with Crippen molar-refractivity contribution in [1.29, 1.82) is 5.26 Å². The summed E-state index contributed by atoms with van der Waals surface area (Å²) in [5.74, 6) is 0. The molecule has 1 aromatic heterocycles. The summed E-state index contributed by atoms with van der Waals surface area (Å²) in [6, 6.07) is 14.0. The SMILES string of the molecule is N#Cc1ccc(N(Cc2ccc(C(F)(F)F)cc2)n2ccnc2)cc1. The number of hydrogen-bond donors (Lipinski definition) is 0. The van der Waals surface area contributed by atoms with E-state index in [4.69, 9.17) is 5.26 Å². The monoisotopic (exact) mass is 342 g/mol. The minimum absolute atomic E-state index is 0.348. The molecule has 126 valence electrons. The highest BCUT2D eigenvalue weighted by molar-refractivity contribution is 5.50. The predicted octanol–water partition coefficient (Wildman–Crippen LogP) is 4.24. The molecule has 0 saturated carbocycles. The minimum Gasteiger partial charge on any atom is -0.276 e. The number of nitrogens with zero attached hydrogens (tertiary/aromatic N) is 4. The van der Waals surface area contributed by atoms with Gasteiger partial charge in [-0.1, -0.05) is 12.1 Å². The van der Waals surface area contributed by atoms with Crippen molar-refractivity contribution in [3.8, 4) is 6.07 Å². The Morgan fingerprint density at radius 3 is 2.24 bits per heavy atom. The number of nitriles is 1. The molecule has 0 N–H and O–H groups in total. The van der Waals surface area contributed by atoms with Crippen molar-refractivity contribution in [2.24, 2.45) is 0 Å². The van der Waals surface area contributed by atoms with Gasteiger partial charge < -0.3 is 0 Å². The van der Waals surface area contributed by atoms with E-state index >= 15 is 0 Å². The molecule has 0 radical (unpaired) electrons. The second-order valence-corrected chi connectivity index (χ2v) is 5.35. The highest BCUT2D eigenvalue weighted by atomic mass is 19.4. The molecule has 1 heterocycles. The molecule has 0 fully saturated rings. The van der Waals surface area contributed by atoms with Crippen LogP contribution in [0.2, 0.25) is 0 Å². The van der Waals surface area contributed by atoms with Crippen LogP contribution in [-0.2, 0) is 12.7 Å². The van der Waals surface area contributed by atoms with Gasteiger partial charge in [0, 0.05) is 12.4 Å². The topological polar surface area (TPSA) is 44.9 Å². The van der Waals surface area contributed by atoms with Gasteiger partial charge in [-0.2, -0.15) is 18.4 Å². The van der Waals surface area contributed by atoms with E-state index in [1.54, 1.807) is 47.7 Å². The molecule has 3 rings (SSSR count). The van der Waals surface area contributed by atoms with Gasteiger partial charge in [0.1, 0.15) is 6.33 Å². The molecular formula is C18H13F3N4. The number of anilines is 1. The number of halogens is 3. The molecule has 0 aliphatic heterocycles. The number of benzene rings is 2. The van der Waals surface area contributed by atoms with Gasteiger partial charge in [0.05, 0.1) is 29.4 Å². The largest absolute Gasteiger partial charge is 0.416 e. The summed E-state index contributed by atoms with van der Waals surface area (Å²) in [7, 11) is 0. The van der Waals surface area contributed by atoms with Gasteiger partial charge >= 0.3 is 6.18 Å². The van der Waals surface area contributed by atoms with Crippen molar-refractivity contribution in [2.75, 3.05) is 5.01 Å². The number of aromatic nitrogens is 2.